The molecule has 21 heavy (non-hydrogen) atoms. The number of hydrogen-bond donors (Lipinski definition) is 1. The Bertz CT molecular complexity index is 473. The zero-order valence-corrected chi connectivity index (χ0v) is 13.4. The van der Waals surface area contributed by atoms with E-state index < -0.39 is 5.41 Å². The van der Waals surface area contributed by atoms with Crippen LogP contribution in [0.3, 0.4) is 0 Å². The van der Waals surface area contributed by atoms with E-state index in [0.29, 0.717) is 0 Å². The van der Waals surface area contributed by atoms with E-state index in [9.17, 15) is 4.79 Å². The van der Waals surface area contributed by atoms with Gasteiger partial charge in [0.05, 0.1) is 5.41 Å². The summed E-state index contributed by atoms with van der Waals surface area (Å²) in [7, 11) is 0. The first-order valence-corrected chi connectivity index (χ1v) is 7.83. The largest absolute Gasteiger partial charge is 0.399 e. The molecule has 1 heterocycles. The topological polar surface area (TPSA) is 49.6 Å². The third-order valence-corrected chi connectivity index (χ3v) is 4.37. The summed E-state index contributed by atoms with van der Waals surface area (Å²) in [5.41, 5.74) is 6.99. The van der Waals surface area contributed by atoms with E-state index in [0.717, 1.165) is 44.0 Å². The van der Waals surface area contributed by atoms with Gasteiger partial charge in [-0.2, -0.15) is 0 Å². The van der Waals surface area contributed by atoms with Crippen LogP contribution in [0.4, 0.5) is 5.69 Å². The molecule has 0 aromatic heterocycles. The summed E-state index contributed by atoms with van der Waals surface area (Å²) in [5.74, 6) is 0.211. The van der Waals surface area contributed by atoms with Crippen molar-refractivity contribution in [1.82, 2.24) is 9.80 Å². The molecule has 0 spiro atoms. The van der Waals surface area contributed by atoms with Crippen LogP contribution in [0, 0.1) is 0 Å². The molecule has 0 radical (unpaired) electrons. The first-order chi connectivity index (χ1) is 9.95. The minimum absolute atomic E-state index is 0.211. The highest BCUT2D eigenvalue weighted by Gasteiger charge is 2.34. The van der Waals surface area contributed by atoms with Crippen molar-refractivity contribution in [2.24, 2.45) is 0 Å². The molecule has 116 valence electrons. The molecule has 0 saturated carbocycles. The van der Waals surface area contributed by atoms with Crippen molar-refractivity contribution < 1.29 is 4.79 Å². The van der Waals surface area contributed by atoms with Gasteiger partial charge in [-0.3, -0.25) is 9.69 Å². The molecule has 0 atom stereocenters. The molecular weight excluding hydrogens is 262 g/mol. The maximum absolute atomic E-state index is 12.8. The highest BCUT2D eigenvalue weighted by molar-refractivity contribution is 5.87. The van der Waals surface area contributed by atoms with E-state index in [1.54, 1.807) is 0 Å². The maximum Gasteiger partial charge on any atom is 0.232 e. The van der Waals surface area contributed by atoms with E-state index in [-0.39, 0.29) is 5.91 Å². The van der Waals surface area contributed by atoms with Crippen molar-refractivity contribution in [3.05, 3.63) is 29.8 Å². The van der Waals surface area contributed by atoms with E-state index >= 15 is 0 Å². The molecule has 4 nitrogen and oxygen atoms in total. The highest BCUT2D eigenvalue weighted by atomic mass is 16.2. The maximum atomic E-state index is 12.8. The molecular formula is C17H27N3O. The van der Waals surface area contributed by atoms with Crippen molar-refractivity contribution in [1.29, 1.82) is 0 Å². The van der Waals surface area contributed by atoms with Gasteiger partial charge in [0.15, 0.2) is 0 Å². The predicted octanol–water partition coefficient (Wildman–Crippen LogP) is 2.10. The molecule has 1 aliphatic rings. The first-order valence-electron chi connectivity index (χ1n) is 7.83. The molecule has 0 unspecified atom stereocenters. The standard InChI is InChI=1S/C17H27N3O/c1-4-9-19-10-12-20(13-11-19)16(21)17(2,3)14-5-7-15(18)8-6-14/h5-8H,4,9-13,18H2,1-3H3. The van der Waals surface area contributed by atoms with Gasteiger partial charge >= 0.3 is 0 Å². The number of carbonyl (C=O) groups is 1. The number of anilines is 1. The van der Waals surface area contributed by atoms with E-state index in [2.05, 4.69) is 11.8 Å². The first kappa shape index (κ1) is 15.8. The van der Waals surface area contributed by atoms with Gasteiger partial charge in [0.25, 0.3) is 0 Å². The molecule has 1 saturated heterocycles. The molecule has 0 bridgehead atoms. The van der Waals surface area contributed by atoms with Crippen LogP contribution in [-0.4, -0.2) is 48.4 Å². The molecule has 1 aliphatic heterocycles. The lowest BCUT2D eigenvalue weighted by Crippen LogP contribution is -2.53. The van der Waals surface area contributed by atoms with Gasteiger partial charge in [-0.25, -0.2) is 0 Å². The van der Waals surface area contributed by atoms with Crippen LogP contribution in [-0.2, 0) is 10.2 Å². The third-order valence-electron chi connectivity index (χ3n) is 4.37. The molecule has 1 amide bonds. The normalized spacial score (nSPS) is 17.0. The average Bonchev–Trinajstić information content (AvgIpc) is 2.48. The Morgan fingerprint density at radius 1 is 1.14 bits per heavy atom. The Morgan fingerprint density at radius 3 is 2.24 bits per heavy atom. The van der Waals surface area contributed by atoms with Crippen molar-refractivity contribution in [2.45, 2.75) is 32.6 Å². The Morgan fingerprint density at radius 2 is 1.71 bits per heavy atom. The zero-order chi connectivity index (χ0) is 15.5. The molecule has 1 aromatic carbocycles. The number of piperazine rings is 1. The van der Waals surface area contributed by atoms with Gasteiger partial charge in [-0.15, -0.1) is 0 Å². The van der Waals surface area contributed by atoms with Gasteiger partial charge in [-0.1, -0.05) is 19.1 Å². The molecule has 2 rings (SSSR count). The number of rotatable bonds is 4. The van der Waals surface area contributed by atoms with Crippen LogP contribution in [0.5, 0.6) is 0 Å². The summed E-state index contributed by atoms with van der Waals surface area (Å²) in [6.45, 7) is 11.0. The Hall–Kier alpha value is -1.55. The van der Waals surface area contributed by atoms with E-state index in [1.807, 2.05) is 43.0 Å². The van der Waals surface area contributed by atoms with Crippen molar-refractivity contribution in [2.75, 3.05) is 38.5 Å². The smallest absolute Gasteiger partial charge is 0.232 e. The summed E-state index contributed by atoms with van der Waals surface area (Å²) in [5, 5.41) is 0. The number of nitrogen functional groups attached to an aromatic ring is 1. The van der Waals surface area contributed by atoms with Gasteiger partial charge in [0.1, 0.15) is 0 Å². The van der Waals surface area contributed by atoms with Crippen LogP contribution in [0.2, 0.25) is 0 Å². The second kappa shape index (κ2) is 6.48. The fraction of sp³-hybridized carbons (Fsp3) is 0.588. The fourth-order valence-corrected chi connectivity index (χ4v) is 2.91. The van der Waals surface area contributed by atoms with E-state index in [1.165, 1.54) is 6.42 Å². The van der Waals surface area contributed by atoms with Crippen LogP contribution < -0.4 is 5.73 Å². The van der Waals surface area contributed by atoms with Crippen molar-refractivity contribution in [3.8, 4) is 0 Å². The summed E-state index contributed by atoms with van der Waals surface area (Å²) in [6.07, 6.45) is 1.17. The lowest BCUT2D eigenvalue weighted by Gasteiger charge is -2.38. The summed E-state index contributed by atoms with van der Waals surface area (Å²) in [6, 6.07) is 7.65. The molecule has 1 aromatic rings. The Kier molecular flexibility index (Phi) is 4.88. The number of carbonyl (C=O) groups excluding carboxylic acids is 1. The fourth-order valence-electron chi connectivity index (χ4n) is 2.91. The zero-order valence-electron chi connectivity index (χ0n) is 13.4. The van der Waals surface area contributed by atoms with Crippen LogP contribution in [0.1, 0.15) is 32.8 Å². The predicted molar refractivity (Wildman–Crippen MR) is 87.2 cm³/mol. The highest BCUT2D eigenvalue weighted by Crippen LogP contribution is 2.27. The lowest BCUT2D eigenvalue weighted by molar-refractivity contribution is -0.138. The van der Waals surface area contributed by atoms with Crippen molar-refractivity contribution in [3.63, 3.8) is 0 Å². The third kappa shape index (κ3) is 3.56. The molecule has 0 aliphatic carbocycles. The van der Waals surface area contributed by atoms with Gasteiger partial charge in [0.2, 0.25) is 5.91 Å². The molecule has 4 heteroatoms. The van der Waals surface area contributed by atoms with Crippen LogP contribution in [0.15, 0.2) is 24.3 Å². The molecule has 1 fully saturated rings. The number of amides is 1. The monoisotopic (exact) mass is 289 g/mol. The Labute approximate surface area is 127 Å². The molecule has 2 N–H and O–H groups in total. The summed E-state index contributed by atoms with van der Waals surface area (Å²) >= 11 is 0. The minimum Gasteiger partial charge on any atom is -0.399 e. The lowest BCUT2D eigenvalue weighted by atomic mass is 9.83. The van der Waals surface area contributed by atoms with Gasteiger partial charge < -0.3 is 10.6 Å². The van der Waals surface area contributed by atoms with Gasteiger partial charge in [0, 0.05) is 31.9 Å². The summed E-state index contributed by atoms with van der Waals surface area (Å²) in [4.78, 5) is 17.3. The van der Waals surface area contributed by atoms with Crippen LogP contribution >= 0.6 is 0 Å². The quantitative estimate of drug-likeness (QED) is 0.864. The minimum atomic E-state index is -0.499. The van der Waals surface area contributed by atoms with Crippen molar-refractivity contribution >= 4 is 11.6 Å². The number of nitrogens with two attached hydrogens (primary N) is 1. The Balaban J connectivity index is 2.03. The van der Waals surface area contributed by atoms with E-state index in [4.69, 9.17) is 5.73 Å². The SMILES string of the molecule is CCCN1CCN(C(=O)C(C)(C)c2ccc(N)cc2)CC1. The summed E-state index contributed by atoms with van der Waals surface area (Å²) < 4.78 is 0. The second-order valence-electron chi connectivity index (χ2n) is 6.38. The number of nitrogens with zero attached hydrogens (tertiary/aromatic N) is 2. The van der Waals surface area contributed by atoms with Crippen LogP contribution in [0.25, 0.3) is 0 Å². The number of benzene rings is 1. The average molecular weight is 289 g/mol. The number of hydrogen-bond acceptors (Lipinski definition) is 3. The second-order valence-corrected chi connectivity index (χ2v) is 6.38. The van der Waals surface area contributed by atoms with Gasteiger partial charge in [-0.05, 0) is 44.5 Å².